The Kier molecular flexibility index (Phi) is 4.67. The van der Waals surface area contributed by atoms with Gasteiger partial charge in [0.05, 0.1) is 5.69 Å². The second kappa shape index (κ2) is 6.69. The highest BCUT2D eigenvalue weighted by Gasteiger charge is 2.04. The van der Waals surface area contributed by atoms with E-state index < -0.39 is 0 Å². The lowest BCUT2D eigenvalue weighted by Crippen LogP contribution is -2.12. The van der Waals surface area contributed by atoms with Gasteiger partial charge in [-0.1, -0.05) is 49.7 Å². The lowest BCUT2D eigenvalue weighted by Gasteiger charge is -2.06. The Morgan fingerprint density at radius 3 is 2.63 bits per heavy atom. The van der Waals surface area contributed by atoms with E-state index in [4.69, 9.17) is 0 Å². The van der Waals surface area contributed by atoms with Gasteiger partial charge in [0.15, 0.2) is 0 Å². The van der Waals surface area contributed by atoms with Gasteiger partial charge < -0.3 is 5.32 Å². The average molecular weight is 254 g/mol. The highest BCUT2D eigenvalue weighted by Crippen LogP contribution is 2.18. The number of aromatic nitrogens is 1. The second-order valence-electron chi connectivity index (χ2n) is 4.43. The number of pyridine rings is 1. The fourth-order valence-corrected chi connectivity index (χ4v) is 1.82. The second-order valence-corrected chi connectivity index (χ2v) is 4.43. The molecule has 98 valence electrons. The number of unbranched alkanes of at least 4 members (excludes halogenated alkanes) is 1. The van der Waals surface area contributed by atoms with E-state index in [-0.39, 0.29) is 5.91 Å². The Balaban J connectivity index is 2.10. The van der Waals surface area contributed by atoms with Gasteiger partial charge in [-0.05, 0) is 18.6 Å². The lowest BCUT2D eigenvalue weighted by atomic mass is 10.1. The number of amides is 1. The van der Waals surface area contributed by atoms with Crippen molar-refractivity contribution in [3.05, 3.63) is 48.5 Å². The van der Waals surface area contributed by atoms with Crippen LogP contribution in [0.3, 0.4) is 0 Å². The van der Waals surface area contributed by atoms with Crippen LogP contribution < -0.4 is 5.32 Å². The predicted molar refractivity (Wildman–Crippen MR) is 77.8 cm³/mol. The van der Waals surface area contributed by atoms with Crippen LogP contribution in [0.15, 0.2) is 48.5 Å². The summed E-state index contributed by atoms with van der Waals surface area (Å²) in [6.45, 7) is 2.07. The molecule has 2 aromatic rings. The zero-order valence-corrected chi connectivity index (χ0v) is 11.1. The summed E-state index contributed by atoms with van der Waals surface area (Å²) in [5, 5.41) is 2.84. The van der Waals surface area contributed by atoms with Gasteiger partial charge in [0.1, 0.15) is 5.82 Å². The monoisotopic (exact) mass is 254 g/mol. The topological polar surface area (TPSA) is 42.0 Å². The molecule has 0 saturated carbocycles. The molecule has 0 saturated heterocycles. The largest absolute Gasteiger partial charge is 0.311 e. The molecule has 0 radical (unpaired) electrons. The van der Waals surface area contributed by atoms with Gasteiger partial charge in [0.25, 0.3) is 0 Å². The zero-order valence-electron chi connectivity index (χ0n) is 11.1. The van der Waals surface area contributed by atoms with Gasteiger partial charge >= 0.3 is 0 Å². The van der Waals surface area contributed by atoms with E-state index in [1.807, 2.05) is 48.5 Å². The van der Waals surface area contributed by atoms with Crippen LogP contribution >= 0.6 is 0 Å². The number of nitrogens with zero attached hydrogens (tertiary/aromatic N) is 1. The number of carbonyl (C=O) groups excluding carboxylic acids is 1. The maximum absolute atomic E-state index is 11.7. The summed E-state index contributed by atoms with van der Waals surface area (Å²) < 4.78 is 0. The van der Waals surface area contributed by atoms with Crippen molar-refractivity contribution < 1.29 is 4.79 Å². The molecule has 0 aliphatic heterocycles. The van der Waals surface area contributed by atoms with Gasteiger partial charge in [-0.2, -0.15) is 0 Å². The fourth-order valence-electron chi connectivity index (χ4n) is 1.82. The van der Waals surface area contributed by atoms with E-state index in [0.29, 0.717) is 12.2 Å². The van der Waals surface area contributed by atoms with Crippen molar-refractivity contribution in [1.82, 2.24) is 4.98 Å². The molecular formula is C16H18N2O. The van der Waals surface area contributed by atoms with Crippen molar-refractivity contribution in [3.63, 3.8) is 0 Å². The molecule has 3 heteroatoms. The van der Waals surface area contributed by atoms with Crippen LogP contribution in [-0.2, 0) is 4.79 Å². The normalized spacial score (nSPS) is 10.2. The van der Waals surface area contributed by atoms with Crippen LogP contribution in [0.25, 0.3) is 11.3 Å². The van der Waals surface area contributed by atoms with Crippen molar-refractivity contribution in [2.45, 2.75) is 26.2 Å². The van der Waals surface area contributed by atoms with Crippen LogP contribution in [0.2, 0.25) is 0 Å². The molecular weight excluding hydrogens is 236 g/mol. The van der Waals surface area contributed by atoms with Crippen LogP contribution in [0.5, 0.6) is 0 Å². The van der Waals surface area contributed by atoms with Gasteiger partial charge in [0, 0.05) is 12.0 Å². The molecule has 0 aliphatic rings. The first-order chi connectivity index (χ1) is 9.29. The molecule has 1 heterocycles. The molecule has 0 bridgehead atoms. The Bertz CT molecular complexity index is 537. The van der Waals surface area contributed by atoms with Crippen LogP contribution in [-0.4, -0.2) is 10.9 Å². The number of anilines is 1. The maximum Gasteiger partial charge on any atom is 0.225 e. The molecule has 0 fully saturated rings. The average Bonchev–Trinajstić information content (AvgIpc) is 2.46. The Morgan fingerprint density at radius 2 is 1.89 bits per heavy atom. The Hall–Kier alpha value is -2.16. The lowest BCUT2D eigenvalue weighted by molar-refractivity contribution is -0.116. The molecule has 0 unspecified atom stereocenters. The van der Waals surface area contributed by atoms with Crippen molar-refractivity contribution in [2.75, 3.05) is 5.32 Å². The van der Waals surface area contributed by atoms with Gasteiger partial charge in [-0.15, -0.1) is 0 Å². The first-order valence-electron chi connectivity index (χ1n) is 6.62. The SMILES string of the molecule is CCCCC(=O)Nc1cccc(-c2ccccc2)n1. The third kappa shape index (κ3) is 3.91. The molecule has 19 heavy (non-hydrogen) atoms. The van der Waals surface area contributed by atoms with Gasteiger partial charge in [-0.3, -0.25) is 4.79 Å². The molecule has 0 spiro atoms. The van der Waals surface area contributed by atoms with Crippen molar-refractivity contribution >= 4 is 11.7 Å². The number of benzene rings is 1. The van der Waals surface area contributed by atoms with E-state index in [0.717, 1.165) is 24.1 Å². The standard InChI is InChI=1S/C16H18N2O/c1-2-3-12-16(19)18-15-11-7-10-14(17-15)13-8-5-4-6-9-13/h4-11H,2-3,12H2,1H3,(H,17,18,19). The molecule has 1 aromatic heterocycles. The van der Waals surface area contributed by atoms with E-state index in [9.17, 15) is 4.79 Å². The molecule has 1 aromatic carbocycles. The van der Waals surface area contributed by atoms with Crippen molar-refractivity contribution in [3.8, 4) is 11.3 Å². The first-order valence-corrected chi connectivity index (χ1v) is 6.62. The quantitative estimate of drug-likeness (QED) is 0.879. The number of hydrogen-bond acceptors (Lipinski definition) is 2. The minimum absolute atomic E-state index is 0.0274. The number of carbonyl (C=O) groups is 1. The fraction of sp³-hybridized carbons (Fsp3) is 0.250. The smallest absolute Gasteiger partial charge is 0.225 e. The van der Waals surface area contributed by atoms with E-state index in [2.05, 4.69) is 17.2 Å². The number of nitrogens with one attached hydrogen (secondary N) is 1. The minimum atomic E-state index is 0.0274. The Labute approximate surface area is 113 Å². The molecule has 0 aliphatic carbocycles. The summed E-state index contributed by atoms with van der Waals surface area (Å²) in [6, 6.07) is 15.6. The predicted octanol–water partition coefficient (Wildman–Crippen LogP) is 3.88. The highest BCUT2D eigenvalue weighted by atomic mass is 16.1. The zero-order chi connectivity index (χ0) is 13.5. The van der Waals surface area contributed by atoms with Crippen LogP contribution in [0.4, 0.5) is 5.82 Å². The van der Waals surface area contributed by atoms with Crippen LogP contribution in [0, 0.1) is 0 Å². The first kappa shape index (κ1) is 13.3. The molecule has 1 N–H and O–H groups in total. The number of rotatable bonds is 5. The van der Waals surface area contributed by atoms with Crippen molar-refractivity contribution in [2.24, 2.45) is 0 Å². The van der Waals surface area contributed by atoms with Crippen molar-refractivity contribution in [1.29, 1.82) is 0 Å². The Morgan fingerprint density at radius 1 is 1.11 bits per heavy atom. The third-order valence-corrected chi connectivity index (χ3v) is 2.84. The summed E-state index contributed by atoms with van der Waals surface area (Å²) in [5.41, 5.74) is 1.92. The van der Waals surface area contributed by atoms with E-state index in [1.165, 1.54) is 0 Å². The van der Waals surface area contributed by atoms with Gasteiger partial charge in [-0.25, -0.2) is 4.98 Å². The van der Waals surface area contributed by atoms with Crippen LogP contribution in [0.1, 0.15) is 26.2 Å². The molecule has 0 atom stereocenters. The van der Waals surface area contributed by atoms with E-state index >= 15 is 0 Å². The molecule has 3 nitrogen and oxygen atoms in total. The minimum Gasteiger partial charge on any atom is -0.311 e. The van der Waals surface area contributed by atoms with Gasteiger partial charge in [0.2, 0.25) is 5.91 Å². The third-order valence-electron chi connectivity index (χ3n) is 2.84. The summed E-state index contributed by atoms with van der Waals surface area (Å²) in [5.74, 6) is 0.641. The number of hydrogen-bond donors (Lipinski definition) is 1. The summed E-state index contributed by atoms with van der Waals surface area (Å²) in [6.07, 6.45) is 2.48. The molecule has 2 rings (SSSR count). The highest BCUT2D eigenvalue weighted by molar-refractivity contribution is 5.89. The summed E-state index contributed by atoms with van der Waals surface area (Å²) in [4.78, 5) is 16.1. The maximum atomic E-state index is 11.7. The summed E-state index contributed by atoms with van der Waals surface area (Å²) >= 11 is 0. The molecule has 1 amide bonds. The van der Waals surface area contributed by atoms with E-state index in [1.54, 1.807) is 0 Å². The summed E-state index contributed by atoms with van der Waals surface area (Å²) in [7, 11) is 0.